The van der Waals surface area contributed by atoms with Gasteiger partial charge in [-0.05, 0) is 31.1 Å². The summed E-state index contributed by atoms with van der Waals surface area (Å²) >= 11 is 0. The molecule has 0 aromatic carbocycles. The maximum absolute atomic E-state index is 9.59. The highest BCUT2D eigenvalue weighted by atomic mass is 35.5. The number of rotatable bonds is 1. The Labute approximate surface area is 73.6 Å². The summed E-state index contributed by atoms with van der Waals surface area (Å²) in [5.74, 6) is 0. The van der Waals surface area contributed by atoms with Crippen molar-refractivity contribution in [3.63, 3.8) is 0 Å². The molecule has 0 heterocycles. The molecule has 11 heavy (non-hydrogen) atoms. The zero-order valence-corrected chi connectivity index (χ0v) is 7.49. The summed E-state index contributed by atoms with van der Waals surface area (Å²) in [5, 5.41) is 9.59. The third-order valence-corrected chi connectivity index (χ3v) is 3.20. The molecule has 0 atom stereocenters. The summed E-state index contributed by atoms with van der Waals surface area (Å²) < 4.78 is 0. The molecule has 0 unspecified atom stereocenters. The van der Waals surface area contributed by atoms with Crippen molar-refractivity contribution in [1.82, 2.24) is 0 Å². The predicted molar refractivity (Wildman–Crippen MR) is 46.8 cm³/mol. The van der Waals surface area contributed by atoms with Gasteiger partial charge in [-0.25, -0.2) is 0 Å². The van der Waals surface area contributed by atoms with Crippen LogP contribution in [0.4, 0.5) is 0 Å². The fourth-order valence-corrected chi connectivity index (χ4v) is 2.52. The molecule has 0 aromatic rings. The summed E-state index contributed by atoms with van der Waals surface area (Å²) in [4.78, 5) is 0. The molecule has 2 saturated carbocycles. The molecule has 0 saturated heterocycles. The second kappa shape index (κ2) is 2.61. The van der Waals surface area contributed by atoms with Gasteiger partial charge in [-0.2, -0.15) is 0 Å². The van der Waals surface area contributed by atoms with Crippen LogP contribution in [0.2, 0.25) is 0 Å². The van der Waals surface area contributed by atoms with Gasteiger partial charge in [-0.15, -0.1) is 12.4 Å². The standard InChI is InChI=1S/C8H15NO.ClH/c9-6-8(10)4-7(5-8)2-1-3-7;/h10H,1-6,9H2;1H. The number of hydrogen-bond acceptors (Lipinski definition) is 2. The Hall–Kier alpha value is 0.210. The molecule has 2 rings (SSSR count). The summed E-state index contributed by atoms with van der Waals surface area (Å²) in [7, 11) is 0. The van der Waals surface area contributed by atoms with Crippen LogP contribution in [0.3, 0.4) is 0 Å². The Morgan fingerprint density at radius 1 is 1.27 bits per heavy atom. The lowest BCUT2D eigenvalue weighted by molar-refractivity contribution is -0.155. The zero-order valence-electron chi connectivity index (χ0n) is 6.68. The molecule has 0 radical (unpaired) electrons. The molecule has 0 aliphatic heterocycles. The fraction of sp³-hybridized carbons (Fsp3) is 1.00. The highest BCUT2D eigenvalue weighted by molar-refractivity contribution is 5.85. The normalized spacial score (nSPS) is 30.0. The first-order valence-electron chi connectivity index (χ1n) is 4.11. The average Bonchev–Trinajstić information content (AvgIpc) is 1.77. The van der Waals surface area contributed by atoms with Gasteiger partial charge in [0.1, 0.15) is 0 Å². The average molecular weight is 178 g/mol. The monoisotopic (exact) mass is 177 g/mol. The lowest BCUT2D eigenvalue weighted by atomic mass is 9.50. The van der Waals surface area contributed by atoms with E-state index < -0.39 is 5.60 Å². The van der Waals surface area contributed by atoms with Crippen LogP contribution in [-0.4, -0.2) is 17.3 Å². The van der Waals surface area contributed by atoms with Crippen LogP contribution in [0.15, 0.2) is 0 Å². The van der Waals surface area contributed by atoms with Gasteiger partial charge >= 0.3 is 0 Å². The number of halogens is 1. The van der Waals surface area contributed by atoms with E-state index in [0.29, 0.717) is 12.0 Å². The first-order chi connectivity index (χ1) is 4.68. The van der Waals surface area contributed by atoms with E-state index in [-0.39, 0.29) is 12.4 Å². The number of hydrogen-bond donors (Lipinski definition) is 2. The number of nitrogens with two attached hydrogens (primary N) is 1. The summed E-state index contributed by atoms with van der Waals surface area (Å²) in [5.41, 5.74) is 5.50. The maximum Gasteiger partial charge on any atom is 0.0780 e. The van der Waals surface area contributed by atoms with Crippen molar-refractivity contribution in [3.8, 4) is 0 Å². The Bertz CT molecular complexity index is 141. The van der Waals surface area contributed by atoms with Crippen LogP contribution in [-0.2, 0) is 0 Å². The van der Waals surface area contributed by atoms with Gasteiger partial charge in [-0.1, -0.05) is 6.42 Å². The molecule has 0 bridgehead atoms. The molecule has 0 amide bonds. The predicted octanol–water partition coefficient (Wildman–Crippen LogP) is 1.06. The van der Waals surface area contributed by atoms with E-state index in [1.165, 1.54) is 19.3 Å². The molecule has 3 heteroatoms. The van der Waals surface area contributed by atoms with Gasteiger partial charge < -0.3 is 10.8 Å². The molecule has 0 aromatic heterocycles. The molecule has 2 aliphatic carbocycles. The zero-order chi connectivity index (χ0) is 7.24. The van der Waals surface area contributed by atoms with Crippen molar-refractivity contribution < 1.29 is 5.11 Å². The third-order valence-electron chi connectivity index (χ3n) is 3.20. The largest absolute Gasteiger partial charge is 0.389 e. The van der Waals surface area contributed by atoms with Gasteiger partial charge in [0.2, 0.25) is 0 Å². The van der Waals surface area contributed by atoms with E-state index in [9.17, 15) is 5.11 Å². The second-order valence-electron chi connectivity index (χ2n) is 4.14. The first-order valence-corrected chi connectivity index (χ1v) is 4.11. The van der Waals surface area contributed by atoms with Crippen molar-refractivity contribution in [3.05, 3.63) is 0 Å². The molecule has 2 nitrogen and oxygen atoms in total. The molecule has 3 N–H and O–H groups in total. The lowest BCUT2D eigenvalue weighted by Gasteiger charge is -2.58. The van der Waals surface area contributed by atoms with Crippen molar-refractivity contribution in [1.29, 1.82) is 0 Å². The molecular weight excluding hydrogens is 162 g/mol. The van der Waals surface area contributed by atoms with E-state index in [2.05, 4.69) is 0 Å². The van der Waals surface area contributed by atoms with Gasteiger partial charge in [0, 0.05) is 6.54 Å². The number of aliphatic hydroxyl groups is 1. The molecule has 1 spiro atoms. The first kappa shape index (κ1) is 9.30. The Balaban J connectivity index is 0.000000605. The molecule has 2 aliphatic rings. The van der Waals surface area contributed by atoms with Gasteiger partial charge in [-0.3, -0.25) is 0 Å². The SMILES string of the molecule is Cl.NCC1(O)CC2(CCC2)C1. The van der Waals surface area contributed by atoms with E-state index in [1.807, 2.05) is 0 Å². The Kier molecular flexibility index (Phi) is 2.21. The van der Waals surface area contributed by atoms with Crippen molar-refractivity contribution in [2.75, 3.05) is 6.54 Å². The van der Waals surface area contributed by atoms with Gasteiger partial charge in [0.25, 0.3) is 0 Å². The summed E-state index contributed by atoms with van der Waals surface area (Å²) in [6.07, 6.45) is 5.96. The fourth-order valence-electron chi connectivity index (χ4n) is 2.52. The second-order valence-corrected chi connectivity index (χ2v) is 4.14. The van der Waals surface area contributed by atoms with E-state index in [1.54, 1.807) is 0 Å². The molecule has 2 fully saturated rings. The minimum atomic E-state index is -0.472. The summed E-state index contributed by atoms with van der Waals surface area (Å²) in [6.45, 7) is 0.453. The molecular formula is C8H16ClNO. The van der Waals surface area contributed by atoms with Crippen LogP contribution in [0.1, 0.15) is 32.1 Å². The smallest absolute Gasteiger partial charge is 0.0780 e. The van der Waals surface area contributed by atoms with Crippen molar-refractivity contribution in [2.24, 2.45) is 11.1 Å². The third kappa shape index (κ3) is 1.28. The van der Waals surface area contributed by atoms with Gasteiger partial charge in [0.15, 0.2) is 0 Å². The minimum absolute atomic E-state index is 0. The van der Waals surface area contributed by atoms with Crippen LogP contribution in [0, 0.1) is 5.41 Å². The highest BCUT2D eigenvalue weighted by Gasteiger charge is 2.55. The van der Waals surface area contributed by atoms with Crippen LogP contribution in [0.5, 0.6) is 0 Å². The van der Waals surface area contributed by atoms with Crippen LogP contribution in [0.25, 0.3) is 0 Å². The Morgan fingerprint density at radius 3 is 2.09 bits per heavy atom. The Morgan fingerprint density at radius 2 is 1.82 bits per heavy atom. The van der Waals surface area contributed by atoms with Gasteiger partial charge in [0.05, 0.1) is 5.60 Å². The van der Waals surface area contributed by atoms with Crippen LogP contribution >= 0.6 is 12.4 Å². The topological polar surface area (TPSA) is 46.2 Å². The molecule has 66 valence electrons. The lowest BCUT2D eigenvalue weighted by Crippen LogP contribution is -2.58. The van der Waals surface area contributed by atoms with Crippen LogP contribution < -0.4 is 5.73 Å². The highest BCUT2D eigenvalue weighted by Crippen LogP contribution is 2.59. The maximum atomic E-state index is 9.59. The quantitative estimate of drug-likeness (QED) is 0.630. The van der Waals surface area contributed by atoms with E-state index in [4.69, 9.17) is 5.73 Å². The summed E-state index contributed by atoms with van der Waals surface area (Å²) in [6, 6.07) is 0. The van der Waals surface area contributed by atoms with E-state index in [0.717, 1.165) is 12.8 Å². The van der Waals surface area contributed by atoms with Crippen molar-refractivity contribution >= 4 is 12.4 Å². The van der Waals surface area contributed by atoms with E-state index >= 15 is 0 Å². The van der Waals surface area contributed by atoms with Crippen molar-refractivity contribution in [2.45, 2.75) is 37.7 Å². The minimum Gasteiger partial charge on any atom is -0.389 e.